The van der Waals surface area contributed by atoms with Gasteiger partial charge in [0, 0.05) is 6.42 Å². The highest BCUT2D eigenvalue weighted by Gasteiger charge is 1.99. The highest BCUT2D eigenvalue weighted by molar-refractivity contribution is 5.89. The van der Waals surface area contributed by atoms with Crippen LogP contribution in [-0.4, -0.2) is 5.78 Å². The zero-order chi connectivity index (χ0) is 7.28. The van der Waals surface area contributed by atoms with Gasteiger partial charge in [0.05, 0.1) is 0 Å². The summed E-state index contributed by atoms with van der Waals surface area (Å²) in [4.78, 5) is 10.6. The van der Waals surface area contributed by atoms with E-state index in [1.807, 2.05) is 6.92 Å². The average molecular weight is 124 g/mol. The zero-order valence-corrected chi connectivity index (χ0v) is 5.76. The molecule has 9 heavy (non-hydrogen) atoms. The first kappa shape index (κ1) is 8.15. The van der Waals surface area contributed by atoms with Crippen LogP contribution in [0.3, 0.4) is 0 Å². The molecule has 0 unspecified atom stereocenters. The molecular formula is C8H12O. The van der Waals surface area contributed by atoms with Crippen molar-refractivity contribution in [3.63, 3.8) is 0 Å². The first-order valence-electron chi connectivity index (χ1n) is 2.98. The number of hydrogen-bond donors (Lipinski definition) is 0. The molecule has 0 heterocycles. The molecule has 0 aliphatic rings. The molecule has 0 aromatic carbocycles. The Morgan fingerprint density at radius 1 is 1.67 bits per heavy atom. The van der Waals surface area contributed by atoms with Gasteiger partial charge in [0.2, 0.25) is 0 Å². The molecule has 0 saturated carbocycles. The van der Waals surface area contributed by atoms with Gasteiger partial charge in [0.1, 0.15) is 0 Å². The van der Waals surface area contributed by atoms with Gasteiger partial charge in [-0.2, -0.15) is 0 Å². The topological polar surface area (TPSA) is 17.1 Å². The third-order valence-corrected chi connectivity index (χ3v) is 1.15. The normalized spacial score (nSPS) is 12.1. The van der Waals surface area contributed by atoms with Crippen LogP contribution in [0.15, 0.2) is 25.3 Å². The lowest BCUT2D eigenvalue weighted by molar-refractivity contribution is -0.115. The minimum atomic E-state index is 0.0856. The number of hydrogen-bond acceptors (Lipinski definition) is 1. The molecule has 0 aromatic rings. The minimum Gasteiger partial charge on any atom is -0.295 e. The monoisotopic (exact) mass is 124 g/mol. The maximum absolute atomic E-state index is 10.6. The first-order chi connectivity index (χ1) is 4.20. The second-order valence-electron chi connectivity index (χ2n) is 2.09. The lowest BCUT2D eigenvalue weighted by Crippen LogP contribution is -1.98. The average Bonchev–Trinajstić information content (AvgIpc) is 1.87. The molecule has 1 heteroatoms. The van der Waals surface area contributed by atoms with Gasteiger partial charge in [-0.15, -0.1) is 6.58 Å². The number of ketones is 1. The van der Waals surface area contributed by atoms with Crippen LogP contribution in [-0.2, 0) is 4.79 Å². The SMILES string of the molecule is C=CC(=O)C[C@H](C)C=C. The van der Waals surface area contributed by atoms with Gasteiger partial charge in [-0.1, -0.05) is 19.6 Å². The summed E-state index contributed by atoms with van der Waals surface area (Å²) >= 11 is 0. The fraction of sp³-hybridized carbons (Fsp3) is 0.375. The molecule has 0 radical (unpaired) electrons. The molecule has 0 aliphatic heterocycles. The molecule has 0 saturated heterocycles. The molecule has 0 aromatic heterocycles. The van der Waals surface area contributed by atoms with E-state index in [0.717, 1.165) is 0 Å². The Morgan fingerprint density at radius 2 is 2.22 bits per heavy atom. The molecule has 1 nitrogen and oxygen atoms in total. The Labute approximate surface area is 56.1 Å². The molecule has 0 amide bonds. The van der Waals surface area contributed by atoms with E-state index in [-0.39, 0.29) is 11.7 Å². The molecule has 1 atom stereocenters. The van der Waals surface area contributed by atoms with E-state index in [4.69, 9.17) is 0 Å². The van der Waals surface area contributed by atoms with Crippen LogP contribution >= 0.6 is 0 Å². The largest absolute Gasteiger partial charge is 0.295 e. The van der Waals surface area contributed by atoms with Gasteiger partial charge in [-0.25, -0.2) is 0 Å². The Morgan fingerprint density at radius 3 is 2.56 bits per heavy atom. The van der Waals surface area contributed by atoms with E-state index in [1.165, 1.54) is 6.08 Å². The Kier molecular flexibility index (Phi) is 3.69. The fourth-order valence-electron chi connectivity index (χ4n) is 0.484. The molecule has 0 N–H and O–H groups in total. The smallest absolute Gasteiger partial charge is 0.155 e. The van der Waals surface area contributed by atoms with E-state index in [2.05, 4.69) is 13.2 Å². The standard InChI is InChI=1S/C8H12O/c1-4-7(3)6-8(9)5-2/h4-5,7H,1-2,6H2,3H3/t7-/m1/s1. The van der Waals surface area contributed by atoms with Crippen molar-refractivity contribution < 1.29 is 4.79 Å². The summed E-state index contributed by atoms with van der Waals surface area (Å²) in [5.74, 6) is 0.359. The van der Waals surface area contributed by atoms with E-state index < -0.39 is 0 Å². The summed E-state index contributed by atoms with van der Waals surface area (Å²) in [7, 11) is 0. The van der Waals surface area contributed by atoms with Crippen LogP contribution in [0.4, 0.5) is 0 Å². The number of allylic oxidation sites excluding steroid dienone is 2. The van der Waals surface area contributed by atoms with Crippen molar-refractivity contribution in [2.24, 2.45) is 5.92 Å². The van der Waals surface area contributed by atoms with Gasteiger partial charge in [-0.3, -0.25) is 4.79 Å². The molecule has 0 rings (SSSR count). The summed E-state index contributed by atoms with van der Waals surface area (Å²) in [5, 5.41) is 0. The van der Waals surface area contributed by atoms with E-state index in [9.17, 15) is 4.79 Å². The van der Waals surface area contributed by atoms with Gasteiger partial charge < -0.3 is 0 Å². The van der Waals surface area contributed by atoms with Crippen molar-refractivity contribution in [2.75, 3.05) is 0 Å². The molecular weight excluding hydrogens is 112 g/mol. The number of carbonyl (C=O) groups excluding carboxylic acids is 1. The predicted molar refractivity (Wildman–Crippen MR) is 39.2 cm³/mol. The Balaban J connectivity index is 3.58. The molecule has 0 aliphatic carbocycles. The summed E-state index contributed by atoms with van der Waals surface area (Å²) in [5.41, 5.74) is 0. The van der Waals surface area contributed by atoms with Crippen molar-refractivity contribution in [3.8, 4) is 0 Å². The van der Waals surface area contributed by atoms with Crippen molar-refractivity contribution >= 4 is 5.78 Å². The number of carbonyl (C=O) groups is 1. The van der Waals surface area contributed by atoms with Crippen LogP contribution in [0.25, 0.3) is 0 Å². The van der Waals surface area contributed by atoms with Crippen molar-refractivity contribution in [3.05, 3.63) is 25.3 Å². The summed E-state index contributed by atoms with van der Waals surface area (Å²) in [6.07, 6.45) is 3.65. The van der Waals surface area contributed by atoms with Crippen molar-refractivity contribution in [1.82, 2.24) is 0 Å². The summed E-state index contributed by atoms with van der Waals surface area (Å²) < 4.78 is 0. The van der Waals surface area contributed by atoms with E-state index >= 15 is 0 Å². The highest BCUT2D eigenvalue weighted by Crippen LogP contribution is 2.02. The van der Waals surface area contributed by atoms with Crippen LogP contribution < -0.4 is 0 Å². The van der Waals surface area contributed by atoms with Crippen LogP contribution in [0, 0.1) is 5.92 Å². The second kappa shape index (κ2) is 4.07. The highest BCUT2D eigenvalue weighted by atomic mass is 16.1. The number of rotatable bonds is 4. The Hall–Kier alpha value is -0.850. The van der Waals surface area contributed by atoms with Gasteiger partial charge >= 0.3 is 0 Å². The fourth-order valence-corrected chi connectivity index (χ4v) is 0.484. The van der Waals surface area contributed by atoms with Gasteiger partial charge in [0.25, 0.3) is 0 Å². The molecule has 50 valence electrons. The maximum atomic E-state index is 10.6. The third-order valence-electron chi connectivity index (χ3n) is 1.15. The summed E-state index contributed by atoms with van der Waals surface area (Å²) in [6.45, 7) is 8.88. The van der Waals surface area contributed by atoms with Crippen LogP contribution in [0.2, 0.25) is 0 Å². The predicted octanol–water partition coefficient (Wildman–Crippen LogP) is 1.95. The van der Waals surface area contributed by atoms with Crippen molar-refractivity contribution in [2.45, 2.75) is 13.3 Å². The maximum Gasteiger partial charge on any atom is 0.155 e. The molecule has 0 fully saturated rings. The van der Waals surface area contributed by atoms with Gasteiger partial charge in [-0.05, 0) is 12.0 Å². The van der Waals surface area contributed by atoms with E-state index in [1.54, 1.807) is 6.08 Å². The lowest BCUT2D eigenvalue weighted by atomic mass is 10.1. The third kappa shape index (κ3) is 3.71. The molecule has 0 spiro atoms. The quantitative estimate of drug-likeness (QED) is 0.413. The molecule has 0 bridgehead atoms. The zero-order valence-electron chi connectivity index (χ0n) is 5.76. The first-order valence-corrected chi connectivity index (χ1v) is 2.98. The van der Waals surface area contributed by atoms with Crippen LogP contribution in [0.5, 0.6) is 0 Å². The lowest BCUT2D eigenvalue weighted by Gasteiger charge is -1.98. The second-order valence-corrected chi connectivity index (χ2v) is 2.09. The van der Waals surface area contributed by atoms with Crippen molar-refractivity contribution in [1.29, 1.82) is 0 Å². The van der Waals surface area contributed by atoms with Crippen LogP contribution in [0.1, 0.15) is 13.3 Å². The Bertz CT molecular complexity index is 125. The van der Waals surface area contributed by atoms with E-state index in [0.29, 0.717) is 6.42 Å². The van der Waals surface area contributed by atoms with Gasteiger partial charge in [0.15, 0.2) is 5.78 Å². The minimum absolute atomic E-state index is 0.0856. The summed E-state index contributed by atoms with van der Waals surface area (Å²) in [6, 6.07) is 0.